The maximum Gasteiger partial charge on any atom is 0.222 e. The number of nitro groups is 1. The van der Waals surface area contributed by atoms with E-state index in [0.717, 1.165) is 4.90 Å². The quantitative estimate of drug-likeness (QED) is 0.462. The van der Waals surface area contributed by atoms with Crippen LogP contribution in [-0.4, -0.2) is 16.7 Å². The Morgan fingerprint density at radius 3 is 2.69 bits per heavy atom. The molecule has 0 heterocycles. The average molecular weight is 280 g/mol. The second-order valence-electron chi connectivity index (χ2n) is 3.23. The SMILES string of the molecule is CCC(CSc1ccc(Cl)cc1Cl)[N+](=O)[O-]. The molecule has 3 nitrogen and oxygen atoms in total. The van der Waals surface area contributed by atoms with Gasteiger partial charge in [0.1, 0.15) is 0 Å². The summed E-state index contributed by atoms with van der Waals surface area (Å²) in [6.07, 6.45) is 0.519. The van der Waals surface area contributed by atoms with Crippen molar-refractivity contribution in [1.29, 1.82) is 0 Å². The van der Waals surface area contributed by atoms with Gasteiger partial charge in [0, 0.05) is 21.3 Å². The first-order valence-electron chi connectivity index (χ1n) is 4.76. The highest BCUT2D eigenvalue weighted by molar-refractivity contribution is 7.99. The van der Waals surface area contributed by atoms with Gasteiger partial charge in [-0.25, -0.2) is 0 Å². The van der Waals surface area contributed by atoms with Crippen molar-refractivity contribution < 1.29 is 4.92 Å². The summed E-state index contributed by atoms with van der Waals surface area (Å²) in [7, 11) is 0. The topological polar surface area (TPSA) is 43.1 Å². The van der Waals surface area contributed by atoms with Crippen LogP contribution in [0.3, 0.4) is 0 Å². The molecule has 0 aliphatic carbocycles. The summed E-state index contributed by atoms with van der Waals surface area (Å²) in [4.78, 5) is 11.2. The molecular weight excluding hydrogens is 269 g/mol. The van der Waals surface area contributed by atoms with E-state index in [2.05, 4.69) is 0 Å². The van der Waals surface area contributed by atoms with Gasteiger partial charge < -0.3 is 0 Å². The van der Waals surface area contributed by atoms with Crippen molar-refractivity contribution in [2.24, 2.45) is 0 Å². The number of hydrogen-bond acceptors (Lipinski definition) is 3. The van der Waals surface area contributed by atoms with Crippen molar-refractivity contribution in [1.82, 2.24) is 0 Å². The summed E-state index contributed by atoms with van der Waals surface area (Å²) in [5.41, 5.74) is 0. The third-order valence-corrected chi connectivity index (χ3v) is 3.97. The molecule has 1 rings (SSSR count). The first-order chi connectivity index (χ1) is 7.54. The van der Waals surface area contributed by atoms with E-state index in [4.69, 9.17) is 23.2 Å². The van der Waals surface area contributed by atoms with E-state index in [1.807, 2.05) is 0 Å². The highest BCUT2D eigenvalue weighted by Crippen LogP contribution is 2.30. The van der Waals surface area contributed by atoms with Gasteiger partial charge in [-0.15, -0.1) is 11.8 Å². The fraction of sp³-hybridized carbons (Fsp3) is 0.400. The van der Waals surface area contributed by atoms with Crippen LogP contribution in [0.15, 0.2) is 23.1 Å². The summed E-state index contributed by atoms with van der Waals surface area (Å²) in [6, 6.07) is 4.61. The standard InChI is InChI=1S/C10H11Cl2NO2S/c1-2-8(13(14)15)6-16-10-4-3-7(11)5-9(10)12/h3-5,8H,2,6H2,1H3. The van der Waals surface area contributed by atoms with Gasteiger partial charge in [0.25, 0.3) is 0 Å². The number of thioether (sulfide) groups is 1. The number of benzene rings is 1. The van der Waals surface area contributed by atoms with Crippen molar-refractivity contribution in [3.8, 4) is 0 Å². The van der Waals surface area contributed by atoms with Gasteiger partial charge in [0.15, 0.2) is 0 Å². The minimum atomic E-state index is -0.531. The van der Waals surface area contributed by atoms with Gasteiger partial charge in [-0.2, -0.15) is 0 Å². The number of rotatable bonds is 5. The third kappa shape index (κ3) is 3.85. The van der Waals surface area contributed by atoms with E-state index >= 15 is 0 Å². The van der Waals surface area contributed by atoms with Gasteiger partial charge in [-0.1, -0.05) is 30.1 Å². The second-order valence-corrected chi connectivity index (χ2v) is 5.14. The molecule has 1 aromatic rings. The van der Waals surface area contributed by atoms with E-state index in [1.165, 1.54) is 11.8 Å². The van der Waals surface area contributed by atoms with Crippen LogP contribution in [0, 0.1) is 10.1 Å². The maximum atomic E-state index is 10.6. The molecule has 88 valence electrons. The molecule has 0 spiro atoms. The Bertz CT molecular complexity index is 387. The van der Waals surface area contributed by atoms with Crippen LogP contribution in [-0.2, 0) is 0 Å². The first kappa shape index (κ1) is 13.6. The molecular formula is C10H11Cl2NO2S. The number of halogens is 2. The fourth-order valence-corrected chi connectivity index (χ4v) is 2.77. The van der Waals surface area contributed by atoms with E-state index < -0.39 is 6.04 Å². The summed E-state index contributed by atoms with van der Waals surface area (Å²) >= 11 is 13.1. The van der Waals surface area contributed by atoms with Crippen LogP contribution in [0.2, 0.25) is 10.0 Å². The minimum Gasteiger partial charge on any atom is -0.264 e. The van der Waals surface area contributed by atoms with Crippen LogP contribution in [0.5, 0.6) is 0 Å². The van der Waals surface area contributed by atoms with Gasteiger partial charge in [0.05, 0.1) is 10.8 Å². The molecule has 0 aliphatic heterocycles. The lowest BCUT2D eigenvalue weighted by atomic mass is 10.3. The lowest BCUT2D eigenvalue weighted by molar-refractivity contribution is -0.516. The molecule has 0 amide bonds. The Morgan fingerprint density at radius 1 is 1.50 bits per heavy atom. The van der Waals surface area contributed by atoms with E-state index in [0.29, 0.717) is 22.2 Å². The molecule has 1 aromatic carbocycles. The molecule has 0 bridgehead atoms. The third-order valence-electron chi connectivity index (χ3n) is 2.09. The summed E-state index contributed by atoms with van der Waals surface area (Å²) in [6.45, 7) is 1.80. The largest absolute Gasteiger partial charge is 0.264 e. The monoisotopic (exact) mass is 279 g/mol. The Kier molecular flexibility index (Phi) is 5.38. The Hall–Kier alpha value is -0.450. The molecule has 0 radical (unpaired) electrons. The Balaban J connectivity index is 2.63. The average Bonchev–Trinajstić information content (AvgIpc) is 2.21. The number of hydrogen-bond donors (Lipinski definition) is 0. The smallest absolute Gasteiger partial charge is 0.222 e. The Labute approximate surface area is 108 Å². The maximum absolute atomic E-state index is 10.6. The number of nitrogens with zero attached hydrogens (tertiary/aromatic N) is 1. The van der Waals surface area contributed by atoms with E-state index in [9.17, 15) is 10.1 Å². The second kappa shape index (κ2) is 6.33. The van der Waals surface area contributed by atoms with Crippen molar-refractivity contribution in [2.45, 2.75) is 24.3 Å². The highest BCUT2D eigenvalue weighted by atomic mass is 35.5. The fourth-order valence-electron chi connectivity index (χ4n) is 1.11. The summed E-state index contributed by atoms with van der Waals surface area (Å²) in [5.74, 6) is 0.421. The normalized spacial score (nSPS) is 12.4. The van der Waals surface area contributed by atoms with E-state index in [-0.39, 0.29) is 4.92 Å². The molecule has 1 unspecified atom stereocenters. The van der Waals surface area contributed by atoms with E-state index in [1.54, 1.807) is 25.1 Å². The minimum absolute atomic E-state index is 0.253. The zero-order chi connectivity index (χ0) is 12.1. The zero-order valence-electron chi connectivity index (χ0n) is 8.65. The lowest BCUT2D eigenvalue weighted by Crippen LogP contribution is -2.20. The van der Waals surface area contributed by atoms with Crippen LogP contribution in [0.4, 0.5) is 0 Å². The van der Waals surface area contributed by atoms with Crippen molar-refractivity contribution in [3.63, 3.8) is 0 Å². The summed E-state index contributed by atoms with van der Waals surface area (Å²) < 4.78 is 0. The molecule has 0 saturated carbocycles. The van der Waals surface area contributed by atoms with Crippen LogP contribution in [0.1, 0.15) is 13.3 Å². The first-order valence-corrected chi connectivity index (χ1v) is 6.50. The molecule has 6 heteroatoms. The predicted molar refractivity (Wildman–Crippen MR) is 68.3 cm³/mol. The molecule has 1 atom stereocenters. The van der Waals surface area contributed by atoms with Gasteiger partial charge in [-0.3, -0.25) is 10.1 Å². The van der Waals surface area contributed by atoms with Crippen molar-refractivity contribution >= 4 is 35.0 Å². The summed E-state index contributed by atoms with van der Waals surface area (Å²) in [5, 5.41) is 11.7. The van der Waals surface area contributed by atoms with Crippen molar-refractivity contribution in [3.05, 3.63) is 38.4 Å². The molecule has 0 aromatic heterocycles. The lowest BCUT2D eigenvalue weighted by Gasteiger charge is -2.07. The highest BCUT2D eigenvalue weighted by Gasteiger charge is 2.18. The van der Waals surface area contributed by atoms with Gasteiger partial charge in [-0.05, 0) is 18.2 Å². The van der Waals surface area contributed by atoms with Gasteiger partial charge in [0.2, 0.25) is 6.04 Å². The Morgan fingerprint density at radius 2 is 2.19 bits per heavy atom. The van der Waals surface area contributed by atoms with Crippen molar-refractivity contribution in [2.75, 3.05) is 5.75 Å². The van der Waals surface area contributed by atoms with Crippen LogP contribution in [0.25, 0.3) is 0 Å². The zero-order valence-corrected chi connectivity index (χ0v) is 11.0. The van der Waals surface area contributed by atoms with Crippen LogP contribution >= 0.6 is 35.0 Å². The van der Waals surface area contributed by atoms with Crippen LogP contribution < -0.4 is 0 Å². The molecule has 0 aliphatic rings. The predicted octanol–water partition coefficient (Wildman–Crippen LogP) is 4.14. The molecule has 0 fully saturated rings. The van der Waals surface area contributed by atoms with Gasteiger partial charge >= 0.3 is 0 Å². The molecule has 0 N–H and O–H groups in total. The molecule has 16 heavy (non-hydrogen) atoms. The molecule has 0 saturated heterocycles.